The van der Waals surface area contributed by atoms with Gasteiger partial charge >= 0.3 is 0 Å². The topological polar surface area (TPSA) is 65.4 Å². The molecule has 0 atom stereocenters. The van der Waals surface area contributed by atoms with E-state index in [-0.39, 0.29) is 11.3 Å². The van der Waals surface area contributed by atoms with Crippen LogP contribution >= 0.6 is 0 Å². The van der Waals surface area contributed by atoms with Gasteiger partial charge in [-0.05, 0) is 30.0 Å². The van der Waals surface area contributed by atoms with Crippen LogP contribution in [0.3, 0.4) is 0 Å². The number of benzene rings is 1. The Morgan fingerprint density at radius 1 is 1.39 bits per heavy atom. The van der Waals surface area contributed by atoms with Gasteiger partial charge < -0.3 is 15.0 Å². The van der Waals surface area contributed by atoms with Crippen molar-refractivity contribution >= 4 is 11.6 Å². The molecule has 1 aromatic rings. The summed E-state index contributed by atoms with van der Waals surface area (Å²) in [7, 11) is 0. The summed E-state index contributed by atoms with van der Waals surface area (Å²) in [5.74, 6) is 0.0562. The van der Waals surface area contributed by atoms with Gasteiger partial charge in [0.15, 0.2) is 0 Å². The van der Waals surface area contributed by atoms with Crippen molar-refractivity contribution in [3.8, 4) is 6.07 Å². The number of hydrogen-bond acceptors (Lipinski definition) is 4. The van der Waals surface area contributed by atoms with Crippen LogP contribution in [0.1, 0.15) is 37.0 Å². The first kappa shape index (κ1) is 17.3. The molecule has 0 radical (unpaired) electrons. The summed E-state index contributed by atoms with van der Waals surface area (Å²) in [6.45, 7) is 7.56. The third-order valence-corrected chi connectivity index (χ3v) is 4.09. The summed E-state index contributed by atoms with van der Waals surface area (Å²) >= 11 is 0. The van der Waals surface area contributed by atoms with Crippen molar-refractivity contribution in [2.24, 2.45) is 5.41 Å². The van der Waals surface area contributed by atoms with Crippen LogP contribution in [-0.4, -0.2) is 43.7 Å². The summed E-state index contributed by atoms with van der Waals surface area (Å²) in [6, 6.07) is 9.82. The molecule has 1 amide bonds. The number of nitriles is 1. The van der Waals surface area contributed by atoms with E-state index < -0.39 is 0 Å². The van der Waals surface area contributed by atoms with Gasteiger partial charge in [-0.25, -0.2) is 0 Å². The zero-order valence-electron chi connectivity index (χ0n) is 14.0. The molecule has 1 N–H and O–H groups in total. The maximum absolute atomic E-state index is 12.5. The van der Waals surface area contributed by atoms with E-state index in [1.54, 1.807) is 0 Å². The smallest absolute Gasteiger partial charge is 0.254 e. The average molecular weight is 315 g/mol. The predicted octanol–water partition coefficient (Wildman–Crippen LogP) is 2.90. The van der Waals surface area contributed by atoms with Crippen molar-refractivity contribution in [2.45, 2.75) is 26.7 Å². The van der Waals surface area contributed by atoms with Gasteiger partial charge in [-0.2, -0.15) is 5.26 Å². The minimum absolute atomic E-state index is 0.0416. The Hall–Kier alpha value is -2.06. The van der Waals surface area contributed by atoms with E-state index in [0.29, 0.717) is 38.3 Å². The lowest BCUT2D eigenvalue weighted by Crippen LogP contribution is -2.40. The summed E-state index contributed by atoms with van der Waals surface area (Å²) < 4.78 is 5.29. The molecule has 1 aliphatic rings. The first-order valence-electron chi connectivity index (χ1n) is 8.10. The number of carbonyl (C=O) groups is 1. The van der Waals surface area contributed by atoms with E-state index in [1.165, 1.54) is 0 Å². The van der Waals surface area contributed by atoms with E-state index in [9.17, 15) is 4.79 Å². The van der Waals surface area contributed by atoms with E-state index in [1.807, 2.05) is 29.2 Å². The van der Waals surface area contributed by atoms with Crippen LogP contribution in [0.5, 0.6) is 0 Å². The highest BCUT2D eigenvalue weighted by Gasteiger charge is 2.20. The van der Waals surface area contributed by atoms with E-state index in [0.717, 1.165) is 18.7 Å². The van der Waals surface area contributed by atoms with Gasteiger partial charge in [0.2, 0.25) is 0 Å². The second-order valence-electron chi connectivity index (χ2n) is 6.66. The summed E-state index contributed by atoms with van der Waals surface area (Å²) in [4.78, 5) is 14.3. The third-order valence-electron chi connectivity index (χ3n) is 4.09. The van der Waals surface area contributed by atoms with Crippen LogP contribution in [0.15, 0.2) is 24.3 Å². The maximum atomic E-state index is 12.5. The zero-order chi connectivity index (χ0) is 16.7. The van der Waals surface area contributed by atoms with Crippen LogP contribution in [0.25, 0.3) is 0 Å². The minimum atomic E-state index is 0.0416. The number of amides is 1. The molecule has 0 unspecified atom stereocenters. The fraction of sp³-hybridized carbons (Fsp3) is 0.556. The molecule has 5 heteroatoms. The first-order valence-corrected chi connectivity index (χ1v) is 8.10. The number of nitrogens with zero attached hydrogens (tertiary/aromatic N) is 2. The highest BCUT2D eigenvalue weighted by molar-refractivity contribution is 5.95. The maximum Gasteiger partial charge on any atom is 0.254 e. The Labute approximate surface area is 138 Å². The lowest BCUT2D eigenvalue weighted by atomic mass is 9.88. The van der Waals surface area contributed by atoms with Gasteiger partial charge in [0.1, 0.15) is 0 Å². The lowest BCUT2D eigenvalue weighted by molar-refractivity contribution is 0.0303. The first-order chi connectivity index (χ1) is 11.0. The van der Waals surface area contributed by atoms with Crippen molar-refractivity contribution in [1.29, 1.82) is 5.26 Å². The summed E-state index contributed by atoms with van der Waals surface area (Å²) in [5, 5.41) is 12.1. The second-order valence-corrected chi connectivity index (χ2v) is 6.66. The van der Waals surface area contributed by atoms with Crippen molar-refractivity contribution in [1.82, 2.24) is 4.90 Å². The van der Waals surface area contributed by atoms with Crippen molar-refractivity contribution in [3.05, 3.63) is 29.8 Å². The van der Waals surface area contributed by atoms with Gasteiger partial charge in [-0.15, -0.1) is 0 Å². The molecule has 1 saturated heterocycles. The number of carbonyl (C=O) groups excluding carboxylic acids is 1. The van der Waals surface area contributed by atoms with Crippen molar-refractivity contribution in [3.63, 3.8) is 0 Å². The standard InChI is InChI=1S/C18H25N3O2/c1-18(2,7-4-8-19)14-20-16-6-3-5-15(13-16)17(22)21-9-11-23-12-10-21/h3,5-6,13,20H,4,7,9-12,14H2,1-2H3. The molecule has 0 bridgehead atoms. The van der Waals surface area contributed by atoms with E-state index in [4.69, 9.17) is 10.00 Å². The molecular formula is C18H25N3O2. The molecular weight excluding hydrogens is 290 g/mol. The predicted molar refractivity (Wildman–Crippen MR) is 90.3 cm³/mol. The highest BCUT2D eigenvalue weighted by Crippen LogP contribution is 2.23. The molecule has 23 heavy (non-hydrogen) atoms. The molecule has 124 valence electrons. The number of anilines is 1. The minimum Gasteiger partial charge on any atom is -0.384 e. The number of rotatable bonds is 6. The second kappa shape index (κ2) is 7.98. The molecule has 1 aliphatic heterocycles. The normalized spacial score (nSPS) is 15.1. The van der Waals surface area contributed by atoms with Gasteiger partial charge in [0.05, 0.1) is 19.3 Å². The van der Waals surface area contributed by atoms with Crippen LogP contribution < -0.4 is 5.32 Å². The average Bonchev–Trinajstić information content (AvgIpc) is 2.59. The summed E-state index contributed by atoms with van der Waals surface area (Å²) in [6.07, 6.45) is 1.41. The Morgan fingerprint density at radius 3 is 2.83 bits per heavy atom. The third kappa shape index (κ3) is 5.26. The molecule has 0 aromatic heterocycles. The van der Waals surface area contributed by atoms with Crippen LogP contribution in [0.2, 0.25) is 0 Å². The number of nitrogens with one attached hydrogen (secondary N) is 1. The molecule has 2 rings (SSSR count). The van der Waals surface area contributed by atoms with E-state index in [2.05, 4.69) is 25.2 Å². The van der Waals surface area contributed by atoms with Crippen LogP contribution in [0, 0.1) is 16.7 Å². The van der Waals surface area contributed by atoms with Gasteiger partial charge in [0.25, 0.3) is 5.91 Å². The molecule has 1 heterocycles. The van der Waals surface area contributed by atoms with E-state index >= 15 is 0 Å². The van der Waals surface area contributed by atoms with Crippen LogP contribution in [-0.2, 0) is 4.74 Å². The molecule has 0 spiro atoms. The number of morpholine rings is 1. The lowest BCUT2D eigenvalue weighted by Gasteiger charge is -2.27. The van der Waals surface area contributed by atoms with Gasteiger partial charge in [0, 0.05) is 37.3 Å². The van der Waals surface area contributed by atoms with Gasteiger partial charge in [-0.3, -0.25) is 4.79 Å². The van der Waals surface area contributed by atoms with Gasteiger partial charge in [-0.1, -0.05) is 19.9 Å². The Bertz CT molecular complexity index is 572. The number of ether oxygens (including phenoxy) is 1. The summed E-state index contributed by atoms with van der Waals surface area (Å²) in [5.41, 5.74) is 1.68. The van der Waals surface area contributed by atoms with Crippen molar-refractivity contribution < 1.29 is 9.53 Å². The zero-order valence-corrected chi connectivity index (χ0v) is 14.0. The monoisotopic (exact) mass is 315 g/mol. The largest absolute Gasteiger partial charge is 0.384 e. The Kier molecular flexibility index (Phi) is 6.00. The Morgan fingerprint density at radius 2 is 2.13 bits per heavy atom. The van der Waals surface area contributed by atoms with Crippen molar-refractivity contribution in [2.75, 3.05) is 38.2 Å². The Balaban J connectivity index is 1.96. The van der Waals surface area contributed by atoms with Crippen LogP contribution in [0.4, 0.5) is 5.69 Å². The fourth-order valence-electron chi connectivity index (χ4n) is 2.54. The fourth-order valence-corrected chi connectivity index (χ4v) is 2.54. The molecule has 5 nitrogen and oxygen atoms in total. The quantitative estimate of drug-likeness (QED) is 0.876. The number of hydrogen-bond donors (Lipinski definition) is 1. The SMILES string of the molecule is CC(C)(CCC#N)CNc1cccc(C(=O)N2CCOCC2)c1. The highest BCUT2D eigenvalue weighted by atomic mass is 16.5. The molecule has 1 fully saturated rings. The molecule has 0 aliphatic carbocycles. The molecule has 1 aromatic carbocycles. The molecule has 0 saturated carbocycles.